The average Bonchev–Trinajstić information content (AvgIpc) is 3.16. The van der Waals surface area contributed by atoms with Crippen LogP contribution in [0.4, 0.5) is 0 Å². The first-order valence-corrected chi connectivity index (χ1v) is 3.94. The molecule has 0 saturated heterocycles. The molecule has 1 aliphatic carbocycles. The third-order valence-electron chi connectivity index (χ3n) is 0.806. The van der Waals surface area contributed by atoms with Crippen molar-refractivity contribution in [3.8, 4) is 11.8 Å². The second-order valence-electron chi connectivity index (χ2n) is 1.46. The summed E-state index contributed by atoms with van der Waals surface area (Å²) in [5.41, 5.74) is 0. The van der Waals surface area contributed by atoms with Gasteiger partial charge in [0, 0.05) is 37.8 Å². The average molecular weight is 414 g/mol. The van der Waals surface area contributed by atoms with E-state index >= 15 is 0 Å². The van der Waals surface area contributed by atoms with Crippen molar-refractivity contribution in [1.82, 2.24) is 0 Å². The van der Waals surface area contributed by atoms with Crippen LogP contribution in [0.2, 0.25) is 0 Å². The van der Waals surface area contributed by atoms with Crippen LogP contribution in [0, 0.1) is 77.2 Å². The zero-order valence-corrected chi connectivity index (χ0v) is 14.2. The van der Waals surface area contributed by atoms with Gasteiger partial charge in [-0.3, -0.25) is 0 Å². The summed E-state index contributed by atoms with van der Waals surface area (Å²) in [4.78, 5) is 0. The maximum absolute atomic E-state index is 7.50. The van der Waals surface area contributed by atoms with Gasteiger partial charge < -0.3 is 0 Å². The van der Waals surface area contributed by atoms with Gasteiger partial charge in [-0.1, -0.05) is 0 Å². The summed E-state index contributed by atoms with van der Waals surface area (Å²) >= 11 is 0. The van der Waals surface area contributed by atoms with E-state index < -0.39 is 0 Å². The van der Waals surface area contributed by atoms with E-state index in [1.54, 1.807) is 0 Å². The molecule has 0 aromatic carbocycles. The first kappa shape index (κ1) is 49.9. The molecule has 0 aromatic rings. The van der Waals surface area contributed by atoms with Crippen LogP contribution in [0.25, 0.3) is 0 Å². The molecule has 1 rings (SSSR count). The van der Waals surface area contributed by atoms with Crippen molar-refractivity contribution in [3.05, 3.63) is 65.4 Å². The summed E-state index contributed by atoms with van der Waals surface area (Å²) in [5.74, 6) is 5.36. The summed E-state index contributed by atoms with van der Waals surface area (Å²) < 4.78 is 37.5. The minimum atomic E-state index is 0. The number of hydrogen-bond acceptors (Lipinski definition) is 0. The zero-order valence-electron chi connectivity index (χ0n) is 11.2. The molecule has 0 aliphatic heterocycles. The molecular formula is C14H11CoMoO5. The Bertz CT molecular complexity index is 219. The smallest absolute Gasteiger partial charge is 0 e. The normalized spacial score (nSPS) is 6.86. The van der Waals surface area contributed by atoms with Crippen LogP contribution in [0.5, 0.6) is 0 Å². The number of hydrogen-bond donors (Lipinski definition) is 0. The van der Waals surface area contributed by atoms with Gasteiger partial charge in [0.05, 0.1) is 0 Å². The standard InChI is InChI=1S/C5H5.C4H6.5CO.Co.Mo/c1-2-4-5-3-1;1-3-4-2;5*1-2;;/h1-5H;1-2H3;;;;;;;. The van der Waals surface area contributed by atoms with E-state index in [0.717, 1.165) is 0 Å². The van der Waals surface area contributed by atoms with Gasteiger partial charge in [-0.25, -0.2) is 0 Å². The fraction of sp³-hybridized carbons (Fsp3) is 0.143. The minimum Gasteiger partial charge on any atom is -0.0312 e. The van der Waals surface area contributed by atoms with Gasteiger partial charge in [-0.05, 0) is 46.0 Å². The molecule has 0 amide bonds. The van der Waals surface area contributed by atoms with E-state index in [4.69, 9.17) is 23.3 Å². The summed E-state index contributed by atoms with van der Waals surface area (Å²) in [7, 11) is 0. The predicted molar refractivity (Wildman–Crippen MR) is 60.3 cm³/mol. The van der Waals surface area contributed by atoms with Gasteiger partial charge in [0.15, 0.2) is 0 Å². The molecule has 7 heteroatoms. The Labute approximate surface area is 152 Å². The SMILES string of the molecule is CC#CC.[C-]#[O+].[C-]#[O+].[C-]#[O+].[C-]#[O+].[C-]#[O+].[CH]1[CH][CH][CH][CH]1.[Co].[Mo]. The maximum Gasteiger partial charge on any atom is 0 e. The minimum absolute atomic E-state index is 0. The summed E-state index contributed by atoms with van der Waals surface area (Å²) in [6.07, 6.45) is 10.0. The van der Waals surface area contributed by atoms with Gasteiger partial charge in [0.1, 0.15) is 0 Å². The van der Waals surface area contributed by atoms with Crippen molar-refractivity contribution in [2.75, 3.05) is 0 Å². The summed E-state index contributed by atoms with van der Waals surface area (Å²) in [5, 5.41) is 0. The van der Waals surface area contributed by atoms with Crippen LogP contribution < -0.4 is 0 Å². The van der Waals surface area contributed by atoms with E-state index in [-0.39, 0.29) is 37.8 Å². The van der Waals surface area contributed by atoms with E-state index in [1.807, 2.05) is 46.0 Å². The molecule has 1 aliphatic rings. The van der Waals surface area contributed by atoms with Crippen molar-refractivity contribution in [2.45, 2.75) is 13.8 Å². The van der Waals surface area contributed by atoms with Crippen LogP contribution in [-0.2, 0) is 61.1 Å². The molecule has 0 aromatic heterocycles. The van der Waals surface area contributed by atoms with Crippen LogP contribution >= 0.6 is 0 Å². The van der Waals surface area contributed by atoms with E-state index in [0.29, 0.717) is 0 Å². The van der Waals surface area contributed by atoms with Crippen molar-refractivity contribution >= 4 is 0 Å². The van der Waals surface area contributed by atoms with Crippen molar-refractivity contribution < 1.29 is 61.1 Å². The fourth-order valence-electron chi connectivity index (χ4n) is 0.321. The van der Waals surface area contributed by atoms with Crippen molar-refractivity contribution in [2.24, 2.45) is 0 Å². The van der Waals surface area contributed by atoms with E-state index in [2.05, 4.69) is 45.1 Å². The Hall–Kier alpha value is -0.545. The molecule has 1 saturated carbocycles. The van der Waals surface area contributed by atoms with E-state index in [1.165, 1.54) is 0 Å². The van der Waals surface area contributed by atoms with Gasteiger partial charge in [0.25, 0.3) is 0 Å². The maximum atomic E-state index is 7.50. The third-order valence-corrected chi connectivity index (χ3v) is 0.806. The van der Waals surface area contributed by atoms with Gasteiger partial charge >= 0.3 is 56.5 Å². The molecule has 0 heterocycles. The van der Waals surface area contributed by atoms with Gasteiger partial charge in [-0.15, -0.1) is 11.8 Å². The molecule has 0 bridgehead atoms. The molecule has 1 fully saturated rings. The molecule has 0 N–H and O–H groups in total. The molecular weight excluding hydrogens is 403 g/mol. The molecule has 5 nitrogen and oxygen atoms in total. The zero-order chi connectivity index (χ0) is 16.9. The molecule has 21 heavy (non-hydrogen) atoms. The second-order valence-corrected chi connectivity index (χ2v) is 1.46. The van der Waals surface area contributed by atoms with Crippen molar-refractivity contribution in [3.63, 3.8) is 0 Å². The summed E-state index contributed by atoms with van der Waals surface area (Å²) in [6, 6.07) is 0. The third kappa shape index (κ3) is 199. The largest absolute Gasteiger partial charge is 0.0312 e. The first-order chi connectivity index (χ1) is 9.41. The van der Waals surface area contributed by atoms with Crippen molar-refractivity contribution in [1.29, 1.82) is 0 Å². The van der Waals surface area contributed by atoms with Crippen LogP contribution in [0.15, 0.2) is 0 Å². The topological polar surface area (TPSA) is 99.5 Å². The molecule has 0 spiro atoms. The molecule has 0 atom stereocenters. The van der Waals surface area contributed by atoms with Crippen LogP contribution in [0.1, 0.15) is 13.8 Å². The monoisotopic (exact) mass is 416 g/mol. The predicted octanol–water partition coefficient (Wildman–Crippen LogP) is 1.86. The quantitative estimate of drug-likeness (QED) is 0.250. The molecule has 112 valence electrons. The Morgan fingerprint density at radius 2 is 0.619 bits per heavy atom. The van der Waals surface area contributed by atoms with Gasteiger partial charge in [-0.2, -0.15) is 0 Å². The Morgan fingerprint density at radius 1 is 0.524 bits per heavy atom. The van der Waals surface area contributed by atoms with Gasteiger partial charge in [0.2, 0.25) is 0 Å². The summed E-state index contributed by atoms with van der Waals surface area (Å²) in [6.45, 7) is 26.1. The van der Waals surface area contributed by atoms with Crippen LogP contribution in [0.3, 0.4) is 0 Å². The van der Waals surface area contributed by atoms with E-state index in [9.17, 15) is 0 Å². The number of rotatable bonds is 0. The van der Waals surface area contributed by atoms with Crippen LogP contribution in [-0.4, -0.2) is 0 Å². The second kappa shape index (κ2) is 159. The Kier molecular flexibility index (Phi) is 378. The molecule has 0 unspecified atom stereocenters. The molecule has 6 radical (unpaired) electrons. The first-order valence-electron chi connectivity index (χ1n) is 3.94. The fourth-order valence-corrected chi connectivity index (χ4v) is 0.321. The Balaban J connectivity index is -0.0000000163. The Morgan fingerprint density at radius 3 is 0.667 bits per heavy atom.